The topological polar surface area (TPSA) is 101 Å². The number of benzene rings is 3. The predicted molar refractivity (Wildman–Crippen MR) is 84.8 cm³/mol. The molecule has 3 aromatic carbocycles. The molecule has 5 heteroatoms. The zero-order chi connectivity index (χ0) is 16.5. The Labute approximate surface area is 131 Å². The molecule has 0 spiro atoms. The lowest BCUT2D eigenvalue weighted by Gasteiger charge is -2.14. The number of rotatable bonds is 0. The van der Waals surface area contributed by atoms with Crippen molar-refractivity contribution in [2.45, 2.75) is 13.0 Å². The minimum atomic E-state index is -1.19. The fourth-order valence-corrected chi connectivity index (χ4v) is 3.46. The van der Waals surface area contributed by atoms with Gasteiger partial charge in [-0.1, -0.05) is 18.2 Å². The minimum absolute atomic E-state index is 0.0758. The second-order valence-electron chi connectivity index (χ2n) is 5.84. The van der Waals surface area contributed by atoms with Gasteiger partial charge in [-0.05, 0) is 30.2 Å². The number of phenolic OH excluding ortho intramolecular Hbond substituents is 4. The van der Waals surface area contributed by atoms with Crippen molar-refractivity contribution in [3.8, 4) is 34.1 Å². The Hall–Kier alpha value is -2.92. The van der Waals surface area contributed by atoms with Crippen LogP contribution in [0.25, 0.3) is 21.9 Å². The highest BCUT2D eigenvalue weighted by molar-refractivity contribution is 6.06. The normalized spacial score (nSPS) is 15.7. The first-order chi connectivity index (χ1) is 10.9. The van der Waals surface area contributed by atoms with Crippen molar-refractivity contribution in [1.29, 1.82) is 0 Å². The smallest absolute Gasteiger partial charge is 0.134 e. The fourth-order valence-electron chi connectivity index (χ4n) is 3.46. The lowest BCUT2D eigenvalue weighted by Crippen LogP contribution is -1.95. The molecule has 0 amide bonds. The molecule has 1 unspecified atom stereocenters. The zero-order valence-electron chi connectivity index (χ0n) is 12.2. The average Bonchev–Trinajstić information content (AvgIpc) is 2.79. The van der Waals surface area contributed by atoms with Crippen molar-refractivity contribution >= 4 is 10.8 Å². The largest absolute Gasteiger partial charge is 0.507 e. The van der Waals surface area contributed by atoms with E-state index < -0.39 is 6.10 Å². The first-order valence-electron chi connectivity index (χ1n) is 7.13. The van der Waals surface area contributed by atoms with Crippen LogP contribution in [0.1, 0.15) is 22.8 Å². The number of aliphatic hydroxyl groups is 1. The average molecular weight is 310 g/mol. The molecule has 0 aliphatic heterocycles. The lowest BCUT2D eigenvalue weighted by molar-refractivity contribution is 0.220. The SMILES string of the molecule is Cc1cc(O)c2c(c1)C(O)c1c-2c(O)c2cccc(O)c2c1O. The molecular formula is C18H14O5. The number of aliphatic hydroxyl groups excluding tert-OH is 1. The summed E-state index contributed by atoms with van der Waals surface area (Å²) in [5, 5.41) is 52.4. The molecular weight excluding hydrogens is 296 g/mol. The summed E-state index contributed by atoms with van der Waals surface area (Å²) in [7, 11) is 0. The molecule has 0 radical (unpaired) electrons. The van der Waals surface area contributed by atoms with Gasteiger partial charge in [-0.15, -0.1) is 0 Å². The fraction of sp³-hybridized carbons (Fsp3) is 0.111. The van der Waals surface area contributed by atoms with Gasteiger partial charge >= 0.3 is 0 Å². The van der Waals surface area contributed by atoms with E-state index in [1.807, 2.05) is 0 Å². The van der Waals surface area contributed by atoms with Crippen LogP contribution in [0.3, 0.4) is 0 Å². The summed E-state index contributed by atoms with van der Waals surface area (Å²) >= 11 is 0. The van der Waals surface area contributed by atoms with E-state index in [2.05, 4.69) is 0 Å². The molecule has 0 saturated carbocycles. The van der Waals surface area contributed by atoms with Gasteiger partial charge in [0.25, 0.3) is 0 Å². The summed E-state index contributed by atoms with van der Waals surface area (Å²) < 4.78 is 0. The Kier molecular flexibility index (Phi) is 2.57. The maximum absolute atomic E-state index is 10.6. The summed E-state index contributed by atoms with van der Waals surface area (Å²) in [5.74, 6) is -0.763. The van der Waals surface area contributed by atoms with Crippen LogP contribution >= 0.6 is 0 Å². The molecule has 4 rings (SSSR count). The van der Waals surface area contributed by atoms with E-state index in [1.165, 1.54) is 12.1 Å². The summed E-state index contributed by atoms with van der Waals surface area (Å²) in [4.78, 5) is 0. The monoisotopic (exact) mass is 310 g/mol. The van der Waals surface area contributed by atoms with Crippen molar-refractivity contribution in [2.24, 2.45) is 0 Å². The lowest BCUT2D eigenvalue weighted by atomic mass is 9.96. The van der Waals surface area contributed by atoms with Crippen LogP contribution < -0.4 is 0 Å². The highest BCUT2D eigenvalue weighted by Gasteiger charge is 2.36. The molecule has 0 bridgehead atoms. The molecule has 0 saturated heterocycles. The van der Waals surface area contributed by atoms with Crippen LogP contribution in [0, 0.1) is 6.92 Å². The van der Waals surface area contributed by atoms with Gasteiger partial charge in [0, 0.05) is 22.1 Å². The molecule has 0 fully saturated rings. The second kappa shape index (κ2) is 4.30. The van der Waals surface area contributed by atoms with Gasteiger partial charge in [-0.25, -0.2) is 0 Å². The predicted octanol–water partition coefficient (Wildman–Crippen LogP) is 3.03. The maximum Gasteiger partial charge on any atom is 0.134 e. The molecule has 5 N–H and O–H groups in total. The van der Waals surface area contributed by atoms with Crippen LogP contribution in [-0.2, 0) is 0 Å². The zero-order valence-corrected chi connectivity index (χ0v) is 12.2. The molecule has 5 nitrogen and oxygen atoms in total. The summed E-state index contributed by atoms with van der Waals surface area (Å²) in [5.41, 5.74) is 1.75. The van der Waals surface area contributed by atoms with E-state index in [1.54, 1.807) is 25.1 Å². The third-order valence-corrected chi connectivity index (χ3v) is 4.41. The van der Waals surface area contributed by atoms with Gasteiger partial charge in [0.2, 0.25) is 0 Å². The molecule has 116 valence electrons. The molecule has 0 aromatic heterocycles. The Bertz CT molecular complexity index is 991. The van der Waals surface area contributed by atoms with E-state index >= 15 is 0 Å². The van der Waals surface area contributed by atoms with Crippen molar-refractivity contribution in [3.05, 3.63) is 47.0 Å². The number of hydrogen-bond donors (Lipinski definition) is 5. The number of aromatic hydroxyl groups is 4. The number of hydrogen-bond acceptors (Lipinski definition) is 5. The van der Waals surface area contributed by atoms with Gasteiger partial charge in [-0.2, -0.15) is 0 Å². The van der Waals surface area contributed by atoms with E-state index in [4.69, 9.17) is 0 Å². The minimum Gasteiger partial charge on any atom is -0.507 e. The molecule has 1 aliphatic rings. The first-order valence-corrected chi connectivity index (χ1v) is 7.13. The molecule has 23 heavy (non-hydrogen) atoms. The summed E-state index contributed by atoms with van der Waals surface area (Å²) in [6.45, 7) is 1.78. The van der Waals surface area contributed by atoms with Crippen molar-refractivity contribution in [1.82, 2.24) is 0 Å². The molecule has 1 aliphatic carbocycles. The highest BCUT2D eigenvalue weighted by Crippen LogP contribution is 2.58. The Morgan fingerprint density at radius 3 is 2.35 bits per heavy atom. The van der Waals surface area contributed by atoms with Gasteiger partial charge in [-0.3, -0.25) is 0 Å². The van der Waals surface area contributed by atoms with E-state index in [0.29, 0.717) is 11.1 Å². The second-order valence-corrected chi connectivity index (χ2v) is 5.84. The van der Waals surface area contributed by atoms with Gasteiger partial charge < -0.3 is 25.5 Å². The summed E-state index contributed by atoms with van der Waals surface area (Å²) in [6.07, 6.45) is -1.19. The van der Waals surface area contributed by atoms with Crippen LogP contribution in [0.2, 0.25) is 0 Å². The van der Waals surface area contributed by atoms with Crippen molar-refractivity contribution in [2.75, 3.05) is 0 Å². The van der Waals surface area contributed by atoms with E-state index in [0.717, 1.165) is 5.56 Å². The first kappa shape index (κ1) is 13.7. The van der Waals surface area contributed by atoms with Crippen LogP contribution in [0.4, 0.5) is 0 Å². The molecule has 3 aromatic rings. The van der Waals surface area contributed by atoms with E-state index in [9.17, 15) is 25.5 Å². The Morgan fingerprint density at radius 2 is 1.61 bits per heavy atom. The summed E-state index contributed by atoms with van der Waals surface area (Å²) in [6, 6.07) is 7.72. The van der Waals surface area contributed by atoms with Crippen LogP contribution in [0.5, 0.6) is 23.0 Å². The van der Waals surface area contributed by atoms with E-state index in [-0.39, 0.29) is 44.9 Å². The highest BCUT2D eigenvalue weighted by atomic mass is 16.3. The standard InChI is InChI=1S/C18H14O5/c1-7-5-9-12(11(20)6-7)14-15(17(9)22)18(23)13-8(16(14)21)3-2-4-10(13)19/h2-6,17,19-23H,1H3. The molecule has 0 heterocycles. The van der Waals surface area contributed by atoms with Crippen molar-refractivity contribution < 1.29 is 25.5 Å². The van der Waals surface area contributed by atoms with Gasteiger partial charge in [0.15, 0.2) is 0 Å². The Balaban J connectivity index is 2.23. The quantitative estimate of drug-likeness (QED) is 0.411. The number of phenols is 4. The van der Waals surface area contributed by atoms with Crippen molar-refractivity contribution in [3.63, 3.8) is 0 Å². The molecule has 1 atom stereocenters. The van der Waals surface area contributed by atoms with Gasteiger partial charge in [0.05, 0.1) is 5.39 Å². The third kappa shape index (κ3) is 1.59. The maximum atomic E-state index is 10.6. The van der Waals surface area contributed by atoms with Crippen LogP contribution in [0.15, 0.2) is 30.3 Å². The Morgan fingerprint density at radius 1 is 0.870 bits per heavy atom. The third-order valence-electron chi connectivity index (χ3n) is 4.41. The number of fused-ring (bicyclic) bond motifs is 4. The van der Waals surface area contributed by atoms with Crippen LogP contribution in [-0.4, -0.2) is 25.5 Å². The number of aryl methyl sites for hydroxylation is 1. The van der Waals surface area contributed by atoms with Gasteiger partial charge in [0.1, 0.15) is 29.1 Å².